The smallest absolute Gasteiger partial charge is 0.314 e. The Balaban J connectivity index is 1.70. The summed E-state index contributed by atoms with van der Waals surface area (Å²) in [6, 6.07) is 3.83. The predicted molar refractivity (Wildman–Crippen MR) is 95.9 cm³/mol. The van der Waals surface area contributed by atoms with Gasteiger partial charge in [0, 0.05) is 0 Å². The van der Waals surface area contributed by atoms with Crippen molar-refractivity contribution >= 4 is 17.6 Å². The Morgan fingerprint density at radius 1 is 1.17 bits per heavy atom. The number of rotatable bonds is 8. The van der Waals surface area contributed by atoms with Crippen LogP contribution in [0, 0.1) is 17.7 Å². The molecule has 1 saturated carbocycles. The number of hydrogen-bond acceptors (Lipinski definition) is 2. The van der Waals surface area contributed by atoms with E-state index < -0.39 is 5.82 Å². The van der Waals surface area contributed by atoms with Crippen molar-refractivity contribution in [3.05, 3.63) is 29.0 Å². The minimum atomic E-state index is -0.431. The number of carbonyl (C=O) groups excluding carboxylic acids is 1. The molecule has 24 heavy (non-hydrogen) atoms. The number of carbonyl (C=O) groups is 1. The molecule has 0 bridgehead atoms. The van der Waals surface area contributed by atoms with Gasteiger partial charge in [-0.1, -0.05) is 57.0 Å². The monoisotopic (exact) mass is 354 g/mol. The highest BCUT2D eigenvalue weighted by molar-refractivity contribution is 6.32. The lowest BCUT2D eigenvalue weighted by Gasteiger charge is -2.27. The van der Waals surface area contributed by atoms with Gasteiger partial charge in [0.05, 0.1) is 10.9 Å². The van der Waals surface area contributed by atoms with E-state index in [9.17, 15) is 9.18 Å². The van der Waals surface area contributed by atoms with E-state index in [1.807, 2.05) is 0 Å². The second kappa shape index (κ2) is 10.0. The van der Waals surface area contributed by atoms with Crippen LogP contribution in [0.5, 0.6) is 5.75 Å². The van der Waals surface area contributed by atoms with Gasteiger partial charge in [0.2, 0.25) is 0 Å². The predicted octanol–water partition coefficient (Wildman–Crippen LogP) is 6.55. The van der Waals surface area contributed by atoms with Crippen LogP contribution in [-0.4, -0.2) is 5.97 Å². The molecule has 0 aliphatic heterocycles. The van der Waals surface area contributed by atoms with E-state index >= 15 is 0 Å². The van der Waals surface area contributed by atoms with E-state index in [1.165, 1.54) is 56.7 Å². The minimum Gasteiger partial charge on any atom is -0.425 e. The number of esters is 1. The second-order valence-electron chi connectivity index (χ2n) is 6.92. The third-order valence-electron chi connectivity index (χ3n) is 5.00. The first-order chi connectivity index (χ1) is 11.6. The number of ether oxygens (including phenoxy) is 1. The summed E-state index contributed by atoms with van der Waals surface area (Å²) in [6.45, 7) is 2.24. The molecular weight excluding hydrogens is 327 g/mol. The van der Waals surface area contributed by atoms with Gasteiger partial charge in [-0.25, -0.2) is 4.39 Å². The van der Waals surface area contributed by atoms with Crippen LogP contribution in [0.2, 0.25) is 5.02 Å². The molecule has 0 aromatic heterocycles. The summed E-state index contributed by atoms with van der Waals surface area (Å²) in [5.74, 6) is 0.290. The second-order valence-corrected chi connectivity index (χ2v) is 7.32. The van der Waals surface area contributed by atoms with Gasteiger partial charge in [-0.2, -0.15) is 0 Å². The van der Waals surface area contributed by atoms with Crippen LogP contribution in [0.1, 0.15) is 71.1 Å². The maximum absolute atomic E-state index is 13.0. The zero-order valence-electron chi connectivity index (χ0n) is 14.5. The zero-order valence-corrected chi connectivity index (χ0v) is 15.3. The number of hydrogen-bond donors (Lipinski definition) is 0. The lowest BCUT2D eigenvalue weighted by molar-refractivity contribution is -0.140. The van der Waals surface area contributed by atoms with Crippen LogP contribution in [-0.2, 0) is 4.79 Å². The number of benzene rings is 1. The molecule has 0 radical (unpaired) electrons. The summed E-state index contributed by atoms with van der Waals surface area (Å²) in [5, 5.41) is 0.143. The molecule has 4 heteroatoms. The van der Waals surface area contributed by atoms with Gasteiger partial charge in [-0.05, 0) is 49.8 Å². The van der Waals surface area contributed by atoms with Gasteiger partial charge < -0.3 is 4.74 Å². The Bertz CT molecular complexity index is 524. The maximum Gasteiger partial charge on any atom is 0.314 e. The van der Waals surface area contributed by atoms with Crippen molar-refractivity contribution in [3.63, 3.8) is 0 Å². The third-order valence-corrected chi connectivity index (χ3v) is 5.30. The molecule has 0 heterocycles. The lowest BCUT2D eigenvalue weighted by atomic mass is 9.80. The standard InChI is InChI=1S/C20H28ClFO2/c1-2-3-4-5-6-7-15-8-10-16(11-9-15)20(23)24-19-13-12-17(22)14-18(19)21/h12-16H,2-11H2,1H3. The van der Waals surface area contributed by atoms with Gasteiger partial charge in [0.15, 0.2) is 0 Å². The van der Waals surface area contributed by atoms with Crippen molar-refractivity contribution in [1.29, 1.82) is 0 Å². The largest absolute Gasteiger partial charge is 0.425 e. The highest BCUT2D eigenvalue weighted by atomic mass is 35.5. The fourth-order valence-corrected chi connectivity index (χ4v) is 3.68. The summed E-state index contributed by atoms with van der Waals surface area (Å²) < 4.78 is 18.4. The van der Waals surface area contributed by atoms with E-state index in [4.69, 9.17) is 16.3 Å². The quantitative estimate of drug-likeness (QED) is 0.300. The number of unbranched alkanes of at least 4 members (excludes halogenated alkanes) is 4. The van der Waals surface area contributed by atoms with Gasteiger partial charge in [0.1, 0.15) is 11.6 Å². The first-order valence-corrected chi connectivity index (χ1v) is 9.64. The molecule has 134 valence electrons. The molecule has 1 fully saturated rings. The zero-order chi connectivity index (χ0) is 17.4. The van der Waals surface area contributed by atoms with Crippen molar-refractivity contribution < 1.29 is 13.9 Å². The summed E-state index contributed by atoms with van der Waals surface area (Å²) >= 11 is 5.91. The fourth-order valence-electron chi connectivity index (χ4n) is 3.47. The van der Waals surface area contributed by atoms with Crippen LogP contribution in [0.15, 0.2) is 18.2 Å². The molecule has 1 aromatic carbocycles. The van der Waals surface area contributed by atoms with E-state index in [0.717, 1.165) is 31.6 Å². The van der Waals surface area contributed by atoms with Crippen molar-refractivity contribution in [2.24, 2.45) is 11.8 Å². The Morgan fingerprint density at radius 3 is 2.54 bits per heavy atom. The van der Waals surface area contributed by atoms with Crippen LogP contribution in [0.25, 0.3) is 0 Å². The maximum atomic E-state index is 13.0. The molecule has 0 amide bonds. The molecule has 2 rings (SSSR count). The van der Waals surface area contributed by atoms with Gasteiger partial charge in [-0.3, -0.25) is 4.79 Å². The molecule has 0 N–H and O–H groups in total. The van der Waals surface area contributed by atoms with Crippen LogP contribution in [0.3, 0.4) is 0 Å². The molecule has 0 saturated heterocycles. The van der Waals surface area contributed by atoms with Gasteiger partial charge in [0.25, 0.3) is 0 Å². The first kappa shape index (κ1) is 19.2. The molecule has 1 aliphatic carbocycles. The van der Waals surface area contributed by atoms with E-state index in [2.05, 4.69) is 6.92 Å². The van der Waals surface area contributed by atoms with Crippen LogP contribution < -0.4 is 4.74 Å². The average Bonchev–Trinajstić information content (AvgIpc) is 2.57. The van der Waals surface area contributed by atoms with Crippen molar-refractivity contribution in [2.75, 3.05) is 0 Å². The van der Waals surface area contributed by atoms with Crippen molar-refractivity contribution in [1.82, 2.24) is 0 Å². The molecule has 2 nitrogen and oxygen atoms in total. The summed E-state index contributed by atoms with van der Waals surface area (Å²) in [4.78, 5) is 12.3. The van der Waals surface area contributed by atoms with Gasteiger partial charge in [-0.15, -0.1) is 0 Å². The Hall–Kier alpha value is -1.09. The van der Waals surface area contributed by atoms with Gasteiger partial charge >= 0.3 is 5.97 Å². The summed E-state index contributed by atoms with van der Waals surface area (Å²) in [5.41, 5.74) is 0. The highest BCUT2D eigenvalue weighted by Crippen LogP contribution is 2.34. The topological polar surface area (TPSA) is 26.3 Å². The van der Waals surface area contributed by atoms with E-state index in [1.54, 1.807) is 0 Å². The minimum absolute atomic E-state index is 0.0533. The molecule has 0 atom stereocenters. The van der Waals surface area contributed by atoms with Crippen LogP contribution >= 0.6 is 11.6 Å². The molecule has 0 spiro atoms. The molecular formula is C20H28ClFO2. The highest BCUT2D eigenvalue weighted by Gasteiger charge is 2.27. The average molecular weight is 355 g/mol. The van der Waals surface area contributed by atoms with Crippen molar-refractivity contribution in [3.8, 4) is 5.75 Å². The first-order valence-electron chi connectivity index (χ1n) is 9.27. The Morgan fingerprint density at radius 2 is 1.88 bits per heavy atom. The Kier molecular flexibility index (Phi) is 8.04. The lowest BCUT2D eigenvalue weighted by Crippen LogP contribution is -2.25. The van der Waals surface area contributed by atoms with E-state index in [-0.39, 0.29) is 22.7 Å². The molecule has 0 unspecified atom stereocenters. The normalized spacial score (nSPS) is 20.8. The van der Waals surface area contributed by atoms with E-state index in [0.29, 0.717) is 0 Å². The Labute approximate surface area is 149 Å². The molecule has 1 aliphatic rings. The van der Waals surface area contributed by atoms with Crippen LogP contribution in [0.4, 0.5) is 4.39 Å². The summed E-state index contributed by atoms with van der Waals surface area (Å²) in [7, 11) is 0. The fraction of sp³-hybridized carbons (Fsp3) is 0.650. The van der Waals surface area contributed by atoms with Crippen molar-refractivity contribution in [2.45, 2.75) is 71.1 Å². The summed E-state index contributed by atoms with van der Waals surface area (Å²) in [6.07, 6.45) is 11.9. The SMILES string of the molecule is CCCCCCCC1CCC(C(=O)Oc2ccc(F)cc2Cl)CC1. The third kappa shape index (κ3) is 6.08. The molecule has 1 aromatic rings. The number of halogens is 2.